The maximum absolute atomic E-state index is 12.0. The first kappa shape index (κ1) is 15.6. The normalized spacial score (nSPS) is 11.5. The Balaban J connectivity index is 2.60. The number of ether oxygens (including phenoxy) is 1. The molecule has 1 rings (SSSR count). The van der Waals surface area contributed by atoms with Crippen LogP contribution in [0.15, 0.2) is 23.2 Å². The molecular formula is C12H17N3O3S. The van der Waals surface area contributed by atoms with Crippen molar-refractivity contribution in [3.63, 3.8) is 0 Å². The molecule has 0 aliphatic rings. The minimum atomic E-state index is -3.69. The topological polar surface area (TPSA) is 92.1 Å². The lowest BCUT2D eigenvalue weighted by Gasteiger charge is -2.09. The van der Waals surface area contributed by atoms with Crippen LogP contribution in [0.1, 0.15) is 26.0 Å². The molecule has 6 nitrogen and oxygen atoms in total. The van der Waals surface area contributed by atoms with Gasteiger partial charge in [0.05, 0.1) is 6.10 Å². The van der Waals surface area contributed by atoms with E-state index < -0.39 is 10.0 Å². The molecule has 104 valence electrons. The number of sulfonamides is 1. The first-order chi connectivity index (χ1) is 8.97. The third-order valence-electron chi connectivity index (χ3n) is 2.23. The zero-order chi connectivity index (χ0) is 14.3. The Bertz CT molecular complexity index is 550. The van der Waals surface area contributed by atoms with Crippen molar-refractivity contribution in [3.05, 3.63) is 24.0 Å². The molecule has 1 N–H and O–H groups in total. The summed E-state index contributed by atoms with van der Waals surface area (Å²) in [5.74, 6) is 0. The van der Waals surface area contributed by atoms with Gasteiger partial charge in [-0.1, -0.05) is 0 Å². The number of nitrogens with one attached hydrogen (secondary N) is 1. The molecule has 0 aliphatic heterocycles. The van der Waals surface area contributed by atoms with E-state index in [1.54, 1.807) is 6.07 Å². The number of nitriles is 1. The molecule has 0 spiro atoms. The number of hydrogen-bond acceptors (Lipinski definition) is 5. The quantitative estimate of drug-likeness (QED) is 0.755. The summed E-state index contributed by atoms with van der Waals surface area (Å²) in [4.78, 5) is 3.63. The first-order valence-corrected chi connectivity index (χ1v) is 7.42. The fourth-order valence-corrected chi connectivity index (χ4v) is 2.55. The van der Waals surface area contributed by atoms with Gasteiger partial charge in [0.15, 0.2) is 5.69 Å². The van der Waals surface area contributed by atoms with Gasteiger partial charge in [-0.25, -0.2) is 18.1 Å². The molecule has 0 atom stereocenters. The van der Waals surface area contributed by atoms with Gasteiger partial charge in [-0.2, -0.15) is 5.26 Å². The number of aromatic nitrogens is 1. The summed E-state index contributed by atoms with van der Waals surface area (Å²) in [5, 5.41) is 8.83. The van der Waals surface area contributed by atoms with Crippen LogP contribution in [-0.2, 0) is 14.8 Å². The Kier molecular flexibility index (Phi) is 5.89. The highest BCUT2D eigenvalue weighted by atomic mass is 32.2. The predicted octanol–water partition coefficient (Wildman–Crippen LogP) is 1.05. The highest BCUT2D eigenvalue weighted by Gasteiger charge is 2.18. The zero-order valence-corrected chi connectivity index (χ0v) is 11.8. The number of nitrogens with zero attached hydrogens (tertiary/aromatic N) is 2. The molecule has 0 saturated carbocycles. The molecule has 0 bridgehead atoms. The van der Waals surface area contributed by atoms with Crippen LogP contribution >= 0.6 is 0 Å². The van der Waals surface area contributed by atoms with Crippen molar-refractivity contribution in [1.82, 2.24) is 9.71 Å². The standard InChI is InChI=1S/C12H17N3O3S/c1-10(2)18-8-4-7-15-19(16,17)12-5-3-6-14-11(12)9-13/h3,5-6,10,15H,4,7-8H2,1-2H3. The Labute approximate surface area is 113 Å². The van der Waals surface area contributed by atoms with Gasteiger partial charge >= 0.3 is 0 Å². The van der Waals surface area contributed by atoms with Crippen LogP contribution in [0.3, 0.4) is 0 Å². The molecule has 7 heteroatoms. The molecule has 0 aromatic carbocycles. The largest absolute Gasteiger partial charge is 0.379 e. The van der Waals surface area contributed by atoms with Crippen LogP contribution in [0.4, 0.5) is 0 Å². The number of pyridine rings is 1. The van der Waals surface area contributed by atoms with Gasteiger partial charge in [0.1, 0.15) is 11.0 Å². The third-order valence-corrected chi connectivity index (χ3v) is 3.72. The van der Waals surface area contributed by atoms with Gasteiger partial charge in [0.25, 0.3) is 0 Å². The molecule has 0 aliphatic carbocycles. The van der Waals surface area contributed by atoms with Gasteiger partial charge in [-0.15, -0.1) is 0 Å². The van der Waals surface area contributed by atoms with E-state index in [1.807, 2.05) is 13.8 Å². The van der Waals surface area contributed by atoms with Crippen molar-refractivity contribution in [2.45, 2.75) is 31.3 Å². The molecule has 0 amide bonds. The summed E-state index contributed by atoms with van der Waals surface area (Å²) in [6.45, 7) is 4.57. The van der Waals surface area contributed by atoms with E-state index in [2.05, 4.69) is 9.71 Å². The lowest BCUT2D eigenvalue weighted by Crippen LogP contribution is -2.26. The van der Waals surface area contributed by atoms with Gasteiger partial charge in [0.2, 0.25) is 10.0 Å². The Morgan fingerprint density at radius 2 is 2.26 bits per heavy atom. The summed E-state index contributed by atoms with van der Waals surface area (Å²) in [5.41, 5.74) is -0.103. The van der Waals surface area contributed by atoms with Gasteiger partial charge < -0.3 is 4.74 Å². The Hall–Kier alpha value is -1.49. The molecule has 0 saturated heterocycles. The highest BCUT2D eigenvalue weighted by molar-refractivity contribution is 7.89. The van der Waals surface area contributed by atoms with Crippen molar-refractivity contribution < 1.29 is 13.2 Å². The summed E-state index contributed by atoms with van der Waals surface area (Å²) in [6, 6.07) is 4.61. The SMILES string of the molecule is CC(C)OCCCNS(=O)(=O)c1cccnc1C#N. The van der Waals surface area contributed by atoms with E-state index in [1.165, 1.54) is 18.3 Å². The van der Waals surface area contributed by atoms with Crippen molar-refractivity contribution in [2.24, 2.45) is 0 Å². The summed E-state index contributed by atoms with van der Waals surface area (Å²) >= 11 is 0. The monoisotopic (exact) mass is 283 g/mol. The number of hydrogen-bond donors (Lipinski definition) is 1. The summed E-state index contributed by atoms with van der Waals surface area (Å²) in [6.07, 6.45) is 2.08. The molecule has 1 aromatic heterocycles. The smallest absolute Gasteiger partial charge is 0.243 e. The zero-order valence-electron chi connectivity index (χ0n) is 11.0. The van der Waals surface area contributed by atoms with Crippen molar-refractivity contribution >= 4 is 10.0 Å². The van der Waals surface area contributed by atoms with Crippen LogP contribution < -0.4 is 4.72 Å². The van der Waals surface area contributed by atoms with E-state index in [-0.39, 0.29) is 23.2 Å². The van der Waals surface area contributed by atoms with Gasteiger partial charge in [-0.05, 0) is 32.4 Å². The van der Waals surface area contributed by atoms with Crippen molar-refractivity contribution in [2.75, 3.05) is 13.2 Å². The summed E-state index contributed by atoms with van der Waals surface area (Å²) < 4.78 is 31.7. The highest BCUT2D eigenvalue weighted by Crippen LogP contribution is 2.11. The van der Waals surface area contributed by atoms with Crippen LogP contribution in [0.2, 0.25) is 0 Å². The van der Waals surface area contributed by atoms with E-state index in [9.17, 15) is 8.42 Å². The Morgan fingerprint density at radius 1 is 1.53 bits per heavy atom. The lowest BCUT2D eigenvalue weighted by atomic mass is 10.4. The van der Waals surface area contributed by atoms with E-state index in [4.69, 9.17) is 10.00 Å². The van der Waals surface area contributed by atoms with Gasteiger partial charge in [-0.3, -0.25) is 0 Å². The maximum Gasteiger partial charge on any atom is 0.243 e. The minimum Gasteiger partial charge on any atom is -0.379 e. The van der Waals surface area contributed by atoms with Crippen LogP contribution in [0.5, 0.6) is 0 Å². The van der Waals surface area contributed by atoms with Crippen LogP contribution in [0, 0.1) is 11.3 Å². The second-order valence-electron chi connectivity index (χ2n) is 4.13. The number of rotatable bonds is 7. The Morgan fingerprint density at radius 3 is 2.89 bits per heavy atom. The molecule has 1 heterocycles. The third kappa shape index (κ3) is 4.95. The van der Waals surface area contributed by atoms with Crippen LogP contribution in [0.25, 0.3) is 0 Å². The second-order valence-corrected chi connectivity index (χ2v) is 5.87. The lowest BCUT2D eigenvalue weighted by molar-refractivity contribution is 0.0778. The van der Waals surface area contributed by atoms with E-state index >= 15 is 0 Å². The molecule has 0 radical (unpaired) electrons. The van der Waals surface area contributed by atoms with Gasteiger partial charge in [0, 0.05) is 19.3 Å². The average molecular weight is 283 g/mol. The molecule has 1 aromatic rings. The fraction of sp³-hybridized carbons (Fsp3) is 0.500. The summed E-state index contributed by atoms with van der Waals surface area (Å²) in [7, 11) is -3.69. The molecule has 19 heavy (non-hydrogen) atoms. The second kappa shape index (κ2) is 7.19. The van der Waals surface area contributed by atoms with Crippen molar-refractivity contribution in [1.29, 1.82) is 5.26 Å². The molecule has 0 unspecified atom stereocenters. The molecule has 0 fully saturated rings. The van der Waals surface area contributed by atoms with Crippen LogP contribution in [-0.4, -0.2) is 32.7 Å². The molecular weight excluding hydrogens is 266 g/mol. The maximum atomic E-state index is 12.0. The van der Waals surface area contributed by atoms with E-state index in [0.29, 0.717) is 13.0 Å². The first-order valence-electron chi connectivity index (χ1n) is 5.93. The fourth-order valence-electron chi connectivity index (χ4n) is 1.37. The van der Waals surface area contributed by atoms with Crippen molar-refractivity contribution in [3.8, 4) is 6.07 Å². The minimum absolute atomic E-state index is 0.0951. The average Bonchev–Trinajstić information content (AvgIpc) is 2.37. The van der Waals surface area contributed by atoms with E-state index in [0.717, 1.165) is 0 Å². The predicted molar refractivity (Wildman–Crippen MR) is 69.8 cm³/mol.